The fraction of sp³-hybridized carbons (Fsp3) is 0.519. The van der Waals surface area contributed by atoms with Gasteiger partial charge in [0.2, 0.25) is 0 Å². The van der Waals surface area contributed by atoms with Crippen molar-refractivity contribution >= 4 is 27.9 Å². The Labute approximate surface area is 213 Å². The van der Waals surface area contributed by atoms with Gasteiger partial charge in [-0.05, 0) is 81.7 Å². The van der Waals surface area contributed by atoms with Crippen LogP contribution in [0.5, 0.6) is 0 Å². The lowest BCUT2D eigenvalue weighted by atomic mass is 9.76. The van der Waals surface area contributed by atoms with Crippen molar-refractivity contribution in [3.63, 3.8) is 0 Å². The molecule has 0 aliphatic heterocycles. The summed E-state index contributed by atoms with van der Waals surface area (Å²) in [7, 11) is 2.24. The number of fused-ring (bicyclic) bond motifs is 2. The highest BCUT2D eigenvalue weighted by molar-refractivity contribution is 5.86. The molecule has 2 fully saturated rings. The maximum absolute atomic E-state index is 13.0. The van der Waals surface area contributed by atoms with Gasteiger partial charge in [-0.25, -0.2) is 15.0 Å². The van der Waals surface area contributed by atoms with Gasteiger partial charge < -0.3 is 20.2 Å². The summed E-state index contributed by atoms with van der Waals surface area (Å²) in [6, 6.07) is 6.78. The van der Waals surface area contributed by atoms with Crippen molar-refractivity contribution in [2.75, 3.05) is 19.3 Å². The van der Waals surface area contributed by atoms with Gasteiger partial charge in [0.05, 0.1) is 22.0 Å². The molecule has 6 rings (SSSR count). The lowest BCUT2D eigenvalue weighted by Crippen LogP contribution is -2.44. The number of anilines is 1. The highest BCUT2D eigenvalue weighted by Gasteiger charge is 2.35. The molecule has 0 saturated heterocycles. The van der Waals surface area contributed by atoms with Crippen LogP contribution in [0, 0.1) is 11.8 Å². The first-order valence-electron chi connectivity index (χ1n) is 13.1. The first-order chi connectivity index (χ1) is 17.7. The summed E-state index contributed by atoms with van der Waals surface area (Å²) in [5, 5.41) is 0.928. The molecule has 37 heavy (non-hydrogen) atoms. The fourth-order valence-corrected chi connectivity index (χ4v) is 6.30. The van der Waals surface area contributed by atoms with Crippen LogP contribution in [0.25, 0.3) is 22.1 Å². The van der Waals surface area contributed by atoms with Crippen molar-refractivity contribution in [1.82, 2.24) is 29.4 Å². The van der Waals surface area contributed by atoms with Crippen LogP contribution in [0.2, 0.25) is 0 Å². The maximum atomic E-state index is 13.0. The Morgan fingerprint density at radius 2 is 1.95 bits per heavy atom. The van der Waals surface area contributed by atoms with Crippen molar-refractivity contribution in [3.8, 4) is 0 Å². The van der Waals surface area contributed by atoms with E-state index >= 15 is 0 Å². The van der Waals surface area contributed by atoms with E-state index in [0.717, 1.165) is 61.2 Å². The van der Waals surface area contributed by atoms with Gasteiger partial charge in [0.1, 0.15) is 23.6 Å². The number of hydrogen-bond donors (Lipinski definition) is 2. The molecule has 1 aromatic carbocycles. The highest BCUT2D eigenvalue weighted by Crippen LogP contribution is 2.40. The zero-order valence-corrected chi connectivity index (χ0v) is 20.9. The summed E-state index contributed by atoms with van der Waals surface area (Å²) in [6.07, 6.45) is 6.92. The zero-order chi connectivity index (χ0) is 25.7. The van der Waals surface area contributed by atoms with E-state index in [0.29, 0.717) is 40.8 Å². The number of nitrogens with one attached hydrogen (secondary N) is 1. The van der Waals surface area contributed by atoms with Gasteiger partial charge in [0, 0.05) is 31.2 Å². The predicted molar refractivity (Wildman–Crippen MR) is 137 cm³/mol. The molecule has 10 heteroatoms. The van der Waals surface area contributed by atoms with E-state index in [4.69, 9.17) is 5.73 Å². The largest absolute Gasteiger partial charge is 0.416 e. The fourth-order valence-electron chi connectivity index (χ4n) is 6.30. The van der Waals surface area contributed by atoms with E-state index in [1.165, 1.54) is 25.3 Å². The van der Waals surface area contributed by atoms with E-state index in [1.54, 1.807) is 6.33 Å². The van der Waals surface area contributed by atoms with Gasteiger partial charge in [0.25, 0.3) is 0 Å². The number of H-pyrrole nitrogens is 1. The number of imidazole rings is 1. The molecule has 0 bridgehead atoms. The van der Waals surface area contributed by atoms with Crippen molar-refractivity contribution < 1.29 is 13.2 Å². The van der Waals surface area contributed by atoms with Crippen LogP contribution in [0.1, 0.15) is 56.0 Å². The molecule has 2 aliphatic carbocycles. The number of aromatic amines is 1. The van der Waals surface area contributed by atoms with Gasteiger partial charge in [0.15, 0.2) is 0 Å². The molecule has 2 aliphatic rings. The van der Waals surface area contributed by atoms with Crippen molar-refractivity contribution in [2.24, 2.45) is 11.8 Å². The van der Waals surface area contributed by atoms with Crippen LogP contribution >= 0.6 is 0 Å². The van der Waals surface area contributed by atoms with E-state index in [1.807, 2.05) is 6.07 Å². The number of aromatic nitrogens is 5. The lowest BCUT2D eigenvalue weighted by Gasteiger charge is -2.42. The van der Waals surface area contributed by atoms with Gasteiger partial charge in [-0.3, -0.25) is 0 Å². The van der Waals surface area contributed by atoms with Gasteiger partial charge in [-0.15, -0.1) is 0 Å². The van der Waals surface area contributed by atoms with Gasteiger partial charge in [-0.2, -0.15) is 13.2 Å². The van der Waals surface area contributed by atoms with E-state index < -0.39 is 11.7 Å². The van der Waals surface area contributed by atoms with Crippen LogP contribution in [-0.2, 0) is 12.6 Å². The van der Waals surface area contributed by atoms with Crippen LogP contribution in [0.3, 0.4) is 0 Å². The van der Waals surface area contributed by atoms with Crippen LogP contribution in [0.4, 0.5) is 19.0 Å². The SMILES string of the molecule is CN(C[C@@H]1CC[C@H](n2ccc3c(N)ncnc32)C1)[C@H]1C[C@H](CCc2nc3cc(C(F)(F)F)ccc3[nH]2)C1. The first-order valence-corrected chi connectivity index (χ1v) is 13.1. The van der Waals surface area contributed by atoms with Crippen molar-refractivity contribution in [2.45, 2.75) is 63.2 Å². The third kappa shape index (κ3) is 4.79. The minimum atomic E-state index is -4.35. The van der Waals surface area contributed by atoms with Crippen LogP contribution in [-0.4, -0.2) is 49.0 Å². The second-order valence-electron chi connectivity index (χ2n) is 10.9. The number of nitrogens with two attached hydrogens (primary N) is 1. The summed E-state index contributed by atoms with van der Waals surface area (Å²) in [6.45, 7) is 1.11. The molecule has 0 spiro atoms. The number of halogens is 3. The normalized spacial score (nSPS) is 24.4. The molecule has 0 unspecified atom stereocenters. The third-order valence-electron chi connectivity index (χ3n) is 8.48. The number of hydrogen-bond acceptors (Lipinski definition) is 5. The van der Waals surface area contributed by atoms with Crippen LogP contribution < -0.4 is 5.73 Å². The molecule has 7 nitrogen and oxygen atoms in total. The van der Waals surface area contributed by atoms with Gasteiger partial charge in [-0.1, -0.05) is 0 Å². The monoisotopic (exact) mass is 511 g/mol. The molecule has 3 heterocycles. The highest BCUT2D eigenvalue weighted by atomic mass is 19.4. The standard InChI is InChI=1S/C27H32F3N7/c1-36(14-17-2-5-19(12-17)37-9-8-21-25(31)32-15-33-26(21)37)20-10-16(11-20)3-7-24-34-22-6-4-18(27(28,29)30)13-23(22)35-24/h4,6,8-9,13,15-17,19-20H,2-3,5,7,10-12,14H2,1H3,(H,34,35)(H2,31,32,33)/t16-,17-,19+,20-/m1/s1. The first kappa shape index (κ1) is 24.2. The Morgan fingerprint density at radius 1 is 1.11 bits per heavy atom. The topological polar surface area (TPSA) is 88.7 Å². The summed E-state index contributed by atoms with van der Waals surface area (Å²) < 4.78 is 41.2. The molecule has 0 amide bonds. The minimum Gasteiger partial charge on any atom is -0.383 e. The summed E-state index contributed by atoms with van der Waals surface area (Å²) in [5.41, 5.74) is 7.32. The Hall–Kier alpha value is -3.14. The lowest BCUT2D eigenvalue weighted by molar-refractivity contribution is -0.137. The number of benzene rings is 1. The third-order valence-corrected chi connectivity index (χ3v) is 8.48. The number of nitrogen functional groups attached to an aromatic ring is 1. The van der Waals surface area contributed by atoms with E-state index in [2.05, 4.69) is 42.6 Å². The Bertz CT molecular complexity index is 1400. The number of nitrogens with zero attached hydrogens (tertiary/aromatic N) is 5. The molecule has 4 aromatic rings. The van der Waals surface area contributed by atoms with Crippen LogP contribution in [0.15, 0.2) is 36.8 Å². The quantitative estimate of drug-likeness (QED) is 0.338. The van der Waals surface area contributed by atoms with E-state index in [9.17, 15) is 13.2 Å². The number of aryl methyl sites for hydroxylation is 1. The number of rotatable bonds is 7. The summed E-state index contributed by atoms with van der Waals surface area (Å²) >= 11 is 0. The molecule has 2 saturated carbocycles. The maximum Gasteiger partial charge on any atom is 0.416 e. The second kappa shape index (κ2) is 9.31. The summed E-state index contributed by atoms with van der Waals surface area (Å²) in [5.74, 6) is 2.61. The molecular weight excluding hydrogens is 479 g/mol. The molecule has 3 aromatic heterocycles. The average Bonchev–Trinajstić information content (AvgIpc) is 3.55. The molecule has 196 valence electrons. The smallest absolute Gasteiger partial charge is 0.383 e. The Balaban J connectivity index is 0.972. The van der Waals surface area contributed by atoms with Crippen molar-refractivity contribution in [1.29, 1.82) is 0 Å². The average molecular weight is 512 g/mol. The molecule has 0 radical (unpaired) electrons. The molecule has 2 atom stereocenters. The van der Waals surface area contributed by atoms with E-state index in [-0.39, 0.29) is 0 Å². The molecule has 3 N–H and O–H groups in total. The summed E-state index contributed by atoms with van der Waals surface area (Å²) in [4.78, 5) is 18.7. The number of alkyl halides is 3. The Kier molecular flexibility index (Phi) is 6.09. The van der Waals surface area contributed by atoms with Gasteiger partial charge >= 0.3 is 6.18 Å². The Morgan fingerprint density at radius 3 is 2.76 bits per heavy atom. The zero-order valence-electron chi connectivity index (χ0n) is 20.9. The minimum absolute atomic E-state index is 0.384. The molecular formula is C27H32F3N7. The second-order valence-corrected chi connectivity index (χ2v) is 10.9. The predicted octanol–water partition coefficient (Wildman–Crippen LogP) is 5.59. The van der Waals surface area contributed by atoms with Crippen molar-refractivity contribution in [3.05, 3.63) is 48.2 Å².